The van der Waals surface area contributed by atoms with Crippen molar-refractivity contribution in [2.24, 2.45) is 4.99 Å². The van der Waals surface area contributed by atoms with Gasteiger partial charge in [0.1, 0.15) is 6.17 Å². The summed E-state index contributed by atoms with van der Waals surface area (Å²) in [7, 11) is 1.09. The van der Waals surface area contributed by atoms with Crippen LogP contribution in [-0.2, 0) is 20.5 Å². The molecule has 2 heterocycles. The van der Waals surface area contributed by atoms with Crippen molar-refractivity contribution in [2.75, 3.05) is 32.1 Å². The normalized spacial score (nSPS) is 15.9. The number of alkyl halides is 4. The molecular formula is C25H24ClF4N7O4. The highest BCUT2D eigenvalue weighted by Gasteiger charge is 2.32. The topological polar surface area (TPSA) is 150 Å². The Morgan fingerprint density at radius 1 is 1.22 bits per heavy atom. The van der Waals surface area contributed by atoms with Crippen molar-refractivity contribution < 1.29 is 36.7 Å². The summed E-state index contributed by atoms with van der Waals surface area (Å²) in [6.07, 6.45) is -4.79. The zero-order valence-electron chi connectivity index (χ0n) is 21.4. The number of benzene rings is 2. The molecule has 0 fully saturated rings. The van der Waals surface area contributed by atoms with Gasteiger partial charge >= 0.3 is 12.1 Å². The highest BCUT2D eigenvalue weighted by Crippen LogP contribution is 2.34. The minimum Gasteiger partial charge on any atom is -0.469 e. The number of anilines is 1. The van der Waals surface area contributed by atoms with Gasteiger partial charge in [0.15, 0.2) is 5.96 Å². The molecule has 0 spiro atoms. The van der Waals surface area contributed by atoms with Crippen LogP contribution in [0.15, 0.2) is 41.5 Å². The summed E-state index contributed by atoms with van der Waals surface area (Å²) >= 11 is 6.10. The number of carbonyl (C=O) groups excluding carboxylic acids is 3. The van der Waals surface area contributed by atoms with Crippen LogP contribution in [0.4, 0.5) is 23.2 Å². The highest BCUT2D eigenvalue weighted by atomic mass is 35.5. The van der Waals surface area contributed by atoms with Crippen LogP contribution < -0.4 is 21.3 Å². The van der Waals surface area contributed by atoms with Crippen LogP contribution in [0.1, 0.15) is 33.9 Å². The van der Waals surface area contributed by atoms with E-state index in [1.54, 1.807) is 0 Å². The summed E-state index contributed by atoms with van der Waals surface area (Å²) in [6.45, 7) is -0.539. The van der Waals surface area contributed by atoms with E-state index < -0.39 is 54.7 Å². The molecule has 2 aromatic carbocycles. The number of carbonyl (C=O) groups is 3. The molecule has 41 heavy (non-hydrogen) atoms. The zero-order chi connectivity index (χ0) is 29.7. The third kappa shape index (κ3) is 7.42. The van der Waals surface area contributed by atoms with Crippen molar-refractivity contribution in [1.29, 1.82) is 0 Å². The fourth-order valence-electron chi connectivity index (χ4n) is 4.00. The van der Waals surface area contributed by atoms with Gasteiger partial charge in [0.2, 0.25) is 5.91 Å². The van der Waals surface area contributed by atoms with Gasteiger partial charge in [0, 0.05) is 16.0 Å². The van der Waals surface area contributed by atoms with Gasteiger partial charge in [-0.1, -0.05) is 11.6 Å². The number of ether oxygens (including phenoxy) is 1. The largest absolute Gasteiger partial charge is 0.469 e. The fourth-order valence-corrected chi connectivity index (χ4v) is 4.25. The van der Waals surface area contributed by atoms with Gasteiger partial charge in [0.05, 0.1) is 62.2 Å². The van der Waals surface area contributed by atoms with Crippen LogP contribution in [0.3, 0.4) is 0 Å². The van der Waals surface area contributed by atoms with Crippen LogP contribution in [-0.4, -0.2) is 66.9 Å². The average Bonchev–Trinajstić information content (AvgIpc) is 3.41. The minimum absolute atomic E-state index is 0.0260. The molecular weight excluding hydrogens is 574 g/mol. The number of esters is 1. The number of aromatic amines is 1. The first-order valence-corrected chi connectivity index (χ1v) is 12.5. The first-order valence-electron chi connectivity index (χ1n) is 12.1. The summed E-state index contributed by atoms with van der Waals surface area (Å²) in [4.78, 5) is 41.7. The molecule has 0 saturated heterocycles. The summed E-state index contributed by atoms with van der Waals surface area (Å²) < 4.78 is 57.8. The van der Waals surface area contributed by atoms with Crippen molar-refractivity contribution in [2.45, 2.75) is 24.8 Å². The lowest BCUT2D eigenvalue weighted by Gasteiger charge is -2.21. The van der Waals surface area contributed by atoms with Gasteiger partial charge in [-0.25, -0.2) is 9.38 Å². The number of nitrogens with zero attached hydrogens (tertiary/aromatic N) is 2. The second-order valence-electron chi connectivity index (χ2n) is 8.96. The zero-order valence-corrected chi connectivity index (χ0v) is 22.1. The number of hydrogen-bond donors (Lipinski definition) is 5. The number of H-pyrrole nitrogens is 1. The summed E-state index contributed by atoms with van der Waals surface area (Å²) in [5, 5.41) is 17.9. The molecule has 2 atom stereocenters. The summed E-state index contributed by atoms with van der Waals surface area (Å²) in [5.41, 5.74) is -0.116. The molecule has 218 valence electrons. The molecule has 3 aromatic rings. The number of methoxy groups -OCH3 is 1. The van der Waals surface area contributed by atoms with Crippen LogP contribution in [0.2, 0.25) is 5.02 Å². The second-order valence-corrected chi connectivity index (χ2v) is 9.37. The Labute approximate surface area is 235 Å². The number of halogens is 5. The average molecular weight is 598 g/mol. The predicted molar refractivity (Wildman–Crippen MR) is 141 cm³/mol. The Kier molecular flexibility index (Phi) is 8.95. The number of guanidine groups is 1. The van der Waals surface area contributed by atoms with E-state index in [1.165, 1.54) is 18.3 Å². The van der Waals surface area contributed by atoms with Crippen LogP contribution >= 0.6 is 11.6 Å². The van der Waals surface area contributed by atoms with Gasteiger partial charge < -0.3 is 26.0 Å². The SMILES string of the molecule is COC(=O)C[C@H](NC(=O)CNC(=O)c1cc(NC2=NCC(F)CN2)c2cn[nH]c2c1)c1cc(C(F)(F)F)ccc1Cl. The van der Waals surface area contributed by atoms with E-state index in [0.29, 0.717) is 22.5 Å². The fraction of sp³-hybridized carbons (Fsp3) is 0.320. The van der Waals surface area contributed by atoms with Crippen LogP contribution in [0.25, 0.3) is 10.9 Å². The van der Waals surface area contributed by atoms with Gasteiger partial charge in [-0.2, -0.15) is 18.3 Å². The maximum atomic E-state index is 13.4. The van der Waals surface area contributed by atoms with Crippen LogP contribution in [0, 0.1) is 0 Å². The molecule has 0 radical (unpaired) electrons. The lowest BCUT2D eigenvalue weighted by atomic mass is 10.0. The van der Waals surface area contributed by atoms with E-state index in [4.69, 9.17) is 11.6 Å². The Hall–Kier alpha value is -4.40. The Bertz CT molecular complexity index is 1490. The molecule has 0 saturated carbocycles. The number of rotatable bonds is 8. The monoisotopic (exact) mass is 597 g/mol. The standard InChI is InChI=1S/C25H24ClF4N7O4/c1-41-22(39)7-19(15-6-13(25(28,29)30)2-3-17(15)26)35-21(38)11-31-23(40)12-4-18(16-10-34-37-20(16)5-12)36-24-32-8-14(27)9-33-24/h2-6,10,14,19H,7-9,11H2,1H3,(H,31,40)(H,34,37)(H,35,38)(H2,32,33,36)/t19-/m0/s1. The second kappa shape index (κ2) is 12.4. The molecule has 5 N–H and O–H groups in total. The number of nitrogens with one attached hydrogen (secondary N) is 5. The van der Waals surface area contributed by atoms with Crippen molar-refractivity contribution >= 4 is 51.9 Å². The molecule has 4 rings (SSSR count). The van der Waals surface area contributed by atoms with Gasteiger partial charge in [-0.3, -0.25) is 19.5 Å². The van der Waals surface area contributed by atoms with E-state index in [9.17, 15) is 31.9 Å². The first kappa shape index (κ1) is 29.6. The smallest absolute Gasteiger partial charge is 0.416 e. The van der Waals surface area contributed by atoms with Crippen molar-refractivity contribution in [1.82, 2.24) is 26.1 Å². The first-order chi connectivity index (χ1) is 19.4. The number of aliphatic imine (C=N–C) groups is 1. The van der Waals surface area contributed by atoms with E-state index in [-0.39, 0.29) is 29.2 Å². The molecule has 1 unspecified atom stereocenters. The predicted octanol–water partition coefficient (Wildman–Crippen LogP) is 3.09. The number of fused-ring (bicyclic) bond motifs is 1. The lowest BCUT2D eigenvalue weighted by Crippen LogP contribution is -2.41. The third-order valence-corrected chi connectivity index (χ3v) is 6.40. The van der Waals surface area contributed by atoms with Crippen molar-refractivity contribution in [3.05, 3.63) is 58.2 Å². The summed E-state index contributed by atoms with van der Waals surface area (Å²) in [5.74, 6) is -1.96. The third-order valence-electron chi connectivity index (χ3n) is 6.05. The molecule has 2 amide bonds. The molecule has 16 heteroatoms. The molecule has 11 nitrogen and oxygen atoms in total. The quantitative estimate of drug-likeness (QED) is 0.198. The van der Waals surface area contributed by atoms with Gasteiger partial charge in [0.25, 0.3) is 5.91 Å². The number of amides is 2. The Morgan fingerprint density at radius 2 is 2.00 bits per heavy atom. The van der Waals surface area contributed by atoms with Crippen LogP contribution in [0.5, 0.6) is 0 Å². The molecule has 1 aliphatic heterocycles. The molecule has 1 aromatic heterocycles. The number of aromatic nitrogens is 2. The van der Waals surface area contributed by atoms with Crippen molar-refractivity contribution in [3.8, 4) is 0 Å². The summed E-state index contributed by atoms with van der Waals surface area (Å²) in [6, 6.07) is 4.24. The maximum Gasteiger partial charge on any atom is 0.416 e. The minimum atomic E-state index is -4.69. The van der Waals surface area contributed by atoms with E-state index in [0.717, 1.165) is 25.3 Å². The molecule has 0 bridgehead atoms. The van der Waals surface area contributed by atoms with Crippen molar-refractivity contribution in [3.63, 3.8) is 0 Å². The molecule has 1 aliphatic rings. The number of hydrogen-bond acceptors (Lipinski definition) is 8. The van der Waals surface area contributed by atoms with E-state index in [2.05, 4.69) is 41.2 Å². The maximum absolute atomic E-state index is 13.4. The Balaban J connectivity index is 1.48. The van der Waals surface area contributed by atoms with Gasteiger partial charge in [-0.15, -0.1) is 0 Å². The van der Waals surface area contributed by atoms with E-state index in [1.807, 2.05) is 0 Å². The van der Waals surface area contributed by atoms with Gasteiger partial charge in [-0.05, 0) is 35.9 Å². The Morgan fingerprint density at radius 3 is 2.68 bits per heavy atom. The lowest BCUT2D eigenvalue weighted by molar-refractivity contribution is -0.141. The molecule has 0 aliphatic carbocycles. The highest BCUT2D eigenvalue weighted by molar-refractivity contribution is 6.31. The van der Waals surface area contributed by atoms with E-state index >= 15 is 0 Å².